The first kappa shape index (κ1) is 19.9. The maximum atomic E-state index is 13.7. The molecule has 0 aliphatic carbocycles. The molecule has 6 nitrogen and oxygen atoms in total. The summed E-state index contributed by atoms with van der Waals surface area (Å²) in [4.78, 5) is 12.1. The number of nitrogens with one attached hydrogen (secondary N) is 1. The van der Waals surface area contributed by atoms with Gasteiger partial charge in [0, 0.05) is 18.6 Å². The SMILES string of the molecule is Cn1c(=N)n(-c2nccc(C(F)(F)F)n2)c2c3cc(-c4cccc(F)c4)ccc3ncc21. The van der Waals surface area contributed by atoms with Gasteiger partial charge in [-0.2, -0.15) is 13.2 Å². The lowest BCUT2D eigenvalue weighted by molar-refractivity contribution is -0.141. The molecule has 0 radical (unpaired) electrons. The summed E-state index contributed by atoms with van der Waals surface area (Å²) in [5.74, 6) is -0.668. The van der Waals surface area contributed by atoms with Crippen molar-refractivity contribution in [2.24, 2.45) is 7.05 Å². The van der Waals surface area contributed by atoms with Crippen LogP contribution < -0.4 is 5.62 Å². The van der Waals surface area contributed by atoms with Crippen molar-refractivity contribution in [1.29, 1.82) is 5.41 Å². The predicted octanol–water partition coefficient (Wildman–Crippen LogP) is 4.61. The zero-order valence-corrected chi connectivity index (χ0v) is 16.5. The first-order valence-electron chi connectivity index (χ1n) is 9.45. The molecule has 5 rings (SSSR count). The quantitative estimate of drug-likeness (QED) is 0.409. The highest BCUT2D eigenvalue weighted by atomic mass is 19.4. The second-order valence-corrected chi connectivity index (χ2v) is 7.19. The van der Waals surface area contributed by atoms with E-state index in [1.165, 1.54) is 21.3 Å². The first-order chi connectivity index (χ1) is 15.2. The van der Waals surface area contributed by atoms with Gasteiger partial charge in [-0.05, 0) is 41.5 Å². The van der Waals surface area contributed by atoms with Crippen LogP contribution in [0.3, 0.4) is 0 Å². The van der Waals surface area contributed by atoms with Crippen LogP contribution >= 0.6 is 0 Å². The normalized spacial score (nSPS) is 12.0. The Morgan fingerprint density at radius 1 is 0.969 bits per heavy atom. The van der Waals surface area contributed by atoms with E-state index in [9.17, 15) is 17.6 Å². The smallest absolute Gasteiger partial charge is 0.312 e. The summed E-state index contributed by atoms with van der Waals surface area (Å²) in [6, 6.07) is 12.1. The first-order valence-corrected chi connectivity index (χ1v) is 9.45. The van der Waals surface area contributed by atoms with Gasteiger partial charge in [-0.25, -0.2) is 18.9 Å². The number of hydrogen-bond donors (Lipinski definition) is 1. The Morgan fingerprint density at radius 2 is 1.75 bits per heavy atom. The number of imidazole rings is 1. The standard InChI is InChI=1S/C22H14F4N6/c1-31-17-11-29-16-6-5-13(12-3-2-4-14(23)9-12)10-15(16)19(17)32(20(31)27)21-28-8-7-18(30-21)22(24,25)26/h2-11,27H,1H3. The minimum absolute atomic E-state index is 0.121. The highest BCUT2D eigenvalue weighted by Crippen LogP contribution is 2.31. The van der Waals surface area contributed by atoms with Crippen molar-refractivity contribution in [3.63, 3.8) is 0 Å². The van der Waals surface area contributed by atoms with Crippen LogP contribution in [0.4, 0.5) is 17.6 Å². The van der Waals surface area contributed by atoms with E-state index in [0.29, 0.717) is 33.1 Å². The highest BCUT2D eigenvalue weighted by Gasteiger charge is 2.33. The van der Waals surface area contributed by atoms with Gasteiger partial charge in [0.1, 0.15) is 11.5 Å². The van der Waals surface area contributed by atoms with Crippen LogP contribution in [0.15, 0.2) is 60.9 Å². The Balaban J connectivity index is 1.85. The summed E-state index contributed by atoms with van der Waals surface area (Å²) >= 11 is 0. The molecule has 10 heteroatoms. The van der Waals surface area contributed by atoms with Crippen molar-refractivity contribution >= 4 is 21.9 Å². The van der Waals surface area contributed by atoms with E-state index in [2.05, 4.69) is 15.0 Å². The lowest BCUT2D eigenvalue weighted by Crippen LogP contribution is -2.23. The number of benzene rings is 2. The fourth-order valence-electron chi connectivity index (χ4n) is 3.67. The van der Waals surface area contributed by atoms with Crippen LogP contribution in [-0.2, 0) is 13.2 Å². The molecule has 3 heterocycles. The molecular weight excluding hydrogens is 424 g/mol. The zero-order chi connectivity index (χ0) is 22.6. The van der Waals surface area contributed by atoms with E-state index >= 15 is 0 Å². The van der Waals surface area contributed by atoms with Gasteiger partial charge >= 0.3 is 6.18 Å². The number of aromatic nitrogens is 5. The Morgan fingerprint density at radius 3 is 2.50 bits per heavy atom. The molecule has 0 fully saturated rings. The maximum Gasteiger partial charge on any atom is 0.433 e. The van der Waals surface area contributed by atoms with Crippen LogP contribution in [0.2, 0.25) is 0 Å². The second-order valence-electron chi connectivity index (χ2n) is 7.19. The summed E-state index contributed by atoms with van der Waals surface area (Å²) in [6.45, 7) is 0. The highest BCUT2D eigenvalue weighted by molar-refractivity contribution is 6.04. The summed E-state index contributed by atoms with van der Waals surface area (Å²) in [7, 11) is 1.61. The third-order valence-corrected chi connectivity index (χ3v) is 5.23. The van der Waals surface area contributed by atoms with Crippen molar-refractivity contribution in [2.45, 2.75) is 6.18 Å². The molecule has 0 aliphatic rings. The average Bonchev–Trinajstić information content (AvgIpc) is 3.03. The Kier molecular flexibility index (Phi) is 4.33. The third-order valence-electron chi connectivity index (χ3n) is 5.23. The van der Waals surface area contributed by atoms with E-state index in [0.717, 1.165) is 12.3 Å². The van der Waals surface area contributed by atoms with Gasteiger partial charge in [-0.15, -0.1) is 0 Å². The molecule has 0 unspecified atom stereocenters. The molecule has 0 amide bonds. The van der Waals surface area contributed by atoms with E-state index in [1.54, 1.807) is 43.6 Å². The molecule has 0 aliphatic heterocycles. The van der Waals surface area contributed by atoms with Crippen LogP contribution in [0.5, 0.6) is 0 Å². The largest absolute Gasteiger partial charge is 0.433 e. The fraction of sp³-hybridized carbons (Fsp3) is 0.0909. The van der Waals surface area contributed by atoms with Gasteiger partial charge in [0.05, 0.1) is 22.7 Å². The molecule has 1 N–H and O–H groups in total. The monoisotopic (exact) mass is 438 g/mol. The minimum atomic E-state index is -4.65. The number of nitrogens with zero attached hydrogens (tertiary/aromatic N) is 5. The van der Waals surface area contributed by atoms with Crippen molar-refractivity contribution in [1.82, 2.24) is 24.1 Å². The van der Waals surface area contributed by atoms with Crippen LogP contribution in [0.1, 0.15) is 5.69 Å². The number of pyridine rings is 1. The van der Waals surface area contributed by atoms with Crippen LogP contribution in [-0.4, -0.2) is 24.1 Å². The van der Waals surface area contributed by atoms with Gasteiger partial charge < -0.3 is 4.57 Å². The van der Waals surface area contributed by atoms with Crippen molar-refractivity contribution < 1.29 is 17.6 Å². The summed E-state index contributed by atoms with van der Waals surface area (Å²) in [5.41, 5.74) is 1.60. The Bertz CT molecular complexity index is 1570. The van der Waals surface area contributed by atoms with Gasteiger partial charge in [-0.3, -0.25) is 10.4 Å². The van der Waals surface area contributed by atoms with E-state index in [1.807, 2.05) is 0 Å². The number of rotatable bonds is 2. The minimum Gasteiger partial charge on any atom is -0.312 e. The Labute approximate surface area is 177 Å². The summed E-state index contributed by atoms with van der Waals surface area (Å²) in [5, 5.41) is 9.06. The molecular formula is C22H14F4N6. The number of alkyl halides is 3. The molecule has 0 spiro atoms. The molecule has 0 atom stereocenters. The number of aryl methyl sites for hydroxylation is 1. The maximum absolute atomic E-state index is 13.7. The average molecular weight is 438 g/mol. The van der Waals surface area contributed by atoms with Gasteiger partial charge in [0.25, 0.3) is 0 Å². The molecule has 0 saturated heterocycles. The predicted molar refractivity (Wildman–Crippen MR) is 109 cm³/mol. The molecule has 0 saturated carbocycles. The topological polar surface area (TPSA) is 72.4 Å². The summed E-state index contributed by atoms with van der Waals surface area (Å²) in [6.07, 6.45) is -2.10. The van der Waals surface area contributed by atoms with Crippen LogP contribution in [0, 0.1) is 11.2 Å². The van der Waals surface area contributed by atoms with Gasteiger partial charge in [0.15, 0.2) is 0 Å². The van der Waals surface area contributed by atoms with Crippen molar-refractivity contribution in [2.75, 3.05) is 0 Å². The molecule has 160 valence electrons. The zero-order valence-electron chi connectivity index (χ0n) is 16.5. The van der Waals surface area contributed by atoms with Crippen LogP contribution in [0.25, 0.3) is 39.0 Å². The number of hydrogen-bond acceptors (Lipinski definition) is 4. The van der Waals surface area contributed by atoms with E-state index in [4.69, 9.17) is 5.41 Å². The van der Waals surface area contributed by atoms with E-state index in [-0.39, 0.29) is 17.4 Å². The van der Waals surface area contributed by atoms with Gasteiger partial charge in [0.2, 0.25) is 11.6 Å². The Hall–Kier alpha value is -4.08. The van der Waals surface area contributed by atoms with E-state index < -0.39 is 11.9 Å². The second kappa shape index (κ2) is 6.98. The number of fused-ring (bicyclic) bond motifs is 3. The number of halogens is 4. The lowest BCUT2D eigenvalue weighted by Gasteiger charge is -2.09. The summed E-state index contributed by atoms with van der Waals surface area (Å²) < 4.78 is 56.2. The molecule has 0 bridgehead atoms. The fourth-order valence-corrected chi connectivity index (χ4v) is 3.67. The lowest BCUT2D eigenvalue weighted by atomic mass is 10.0. The molecule has 32 heavy (non-hydrogen) atoms. The molecule has 2 aromatic carbocycles. The van der Waals surface area contributed by atoms with Crippen molar-refractivity contribution in [3.8, 4) is 17.1 Å². The molecule has 3 aromatic heterocycles. The van der Waals surface area contributed by atoms with Crippen molar-refractivity contribution in [3.05, 3.63) is 78.1 Å². The van der Waals surface area contributed by atoms with Gasteiger partial charge in [-0.1, -0.05) is 18.2 Å². The molecule has 5 aromatic rings. The third kappa shape index (κ3) is 3.11.